The highest BCUT2D eigenvalue weighted by molar-refractivity contribution is 6.30. The van der Waals surface area contributed by atoms with Gasteiger partial charge in [-0.2, -0.15) is 0 Å². The first-order valence-electron chi connectivity index (χ1n) is 8.59. The number of nitrogens with zero attached hydrogens (tertiary/aromatic N) is 1. The van der Waals surface area contributed by atoms with Crippen LogP contribution in [0.15, 0.2) is 54.6 Å². The van der Waals surface area contributed by atoms with Gasteiger partial charge in [0, 0.05) is 36.3 Å². The molecule has 128 valence electrons. The summed E-state index contributed by atoms with van der Waals surface area (Å²) in [6, 6.07) is 14.3. The average molecular weight is 353 g/mol. The van der Waals surface area contributed by atoms with Crippen molar-refractivity contribution >= 4 is 23.2 Å². The topological polar surface area (TPSA) is 32.3 Å². The normalized spacial score (nSPS) is 23.6. The van der Waals surface area contributed by atoms with E-state index in [9.17, 15) is 4.79 Å². The summed E-state index contributed by atoms with van der Waals surface area (Å²) in [4.78, 5) is 13.9. The zero-order valence-corrected chi connectivity index (χ0v) is 15.1. The lowest BCUT2D eigenvalue weighted by atomic mass is 9.76. The first kappa shape index (κ1) is 16.2. The van der Waals surface area contributed by atoms with Gasteiger partial charge in [0.25, 0.3) is 5.91 Å². The third-order valence-corrected chi connectivity index (χ3v) is 5.46. The van der Waals surface area contributed by atoms with Crippen LogP contribution in [0.5, 0.6) is 0 Å². The first-order chi connectivity index (χ1) is 12.0. The van der Waals surface area contributed by atoms with Crippen LogP contribution in [-0.2, 0) is 0 Å². The van der Waals surface area contributed by atoms with Gasteiger partial charge in [-0.1, -0.05) is 35.9 Å². The standard InChI is InChI=1S/C21H21ClN2O/c1-24(2)21(25)14-9-10-19-18(12-14)16-7-4-8-17(16)20(23-19)13-5-3-6-15(22)11-13/h3-7,9-12,16-17,20,23H,8H2,1-2H3. The van der Waals surface area contributed by atoms with Gasteiger partial charge < -0.3 is 10.2 Å². The van der Waals surface area contributed by atoms with Crippen molar-refractivity contribution in [2.24, 2.45) is 5.92 Å². The molecular formula is C21H21ClN2O. The molecule has 1 heterocycles. The second-order valence-corrected chi connectivity index (χ2v) is 7.47. The lowest BCUT2D eigenvalue weighted by Crippen LogP contribution is -2.29. The number of amides is 1. The zero-order chi connectivity index (χ0) is 17.6. The second kappa shape index (κ2) is 6.23. The van der Waals surface area contributed by atoms with Gasteiger partial charge in [0.15, 0.2) is 0 Å². The molecule has 0 radical (unpaired) electrons. The molecule has 0 bridgehead atoms. The fourth-order valence-electron chi connectivity index (χ4n) is 4.02. The van der Waals surface area contributed by atoms with Gasteiger partial charge in [0.2, 0.25) is 0 Å². The van der Waals surface area contributed by atoms with E-state index in [2.05, 4.69) is 23.5 Å². The smallest absolute Gasteiger partial charge is 0.253 e. The number of rotatable bonds is 2. The van der Waals surface area contributed by atoms with Crippen molar-refractivity contribution in [1.29, 1.82) is 0 Å². The van der Waals surface area contributed by atoms with E-state index >= 15 is 0 Å². The minimum absolute atomic E-state index is 0.0401. The maximum atomic E-state index is 12.3. The van der Waals surface area contributed by atoms with Crippen LogP contribution in [-0.4, -0.2) is 24.9 Å². The quantitative estimate of drug-likeness (QED) is 0.782. The molecule has 1 amide bonds. The minimum atomic E-state index is 0.0401. The summed E-state index contributed by atoms with van der Waals surface area (Å²) in [5.41, 5.74) is 4.27. The zero-order valence-electron chi connectivity index (χ0n) is 14.4. The van der Waals surface area contributed by atoms with E-state index in [4.69, 9.17) is 11.6 Å². The molecule has 0 spiro atoms. The van der Waals surface area contributed by atoms with E-state index in [-0.39, 0.29) is 11.9 Å². The van der Waals surface area contributed by atoms with Gasteiger partial charge in [-0.15, -0.1) is 0 Å². The molecule has 4 rings (SSSR count). The van der Waals surface area contributed by atoms with Crippen LogP contribution in [0.25, 0.3) is 0 Å². The van der Waals surface area contributed by atoms with Gasteiger partial charge in [0.1, 0.15) is 0 Å². The maximum Gasteiger partial charge on any atom is 0.253 e. The van der Waals surface area contributed by atoms with Gasteiger partial charge >= 0.3 is 0 Å². The van der Waals surface area contributed by atoms with E-state index in [1.54, 1.807) is 19.0 Å². The molecule has 2 aliphatic rings. The summed E-state index contributed by atoms with van der Waals surface area (Å²) < 4.78 is 0. The summed E-state index contributed by atoms with van der Waals surface area (Å²) >= 11 is 6.21. The van der Waals surface area contributed by atoms with Crippen molar-refractivity contribution in [1.82, 2.24) is 4.90 Å². The fraction of sp³-hybridized carbons (Fsp3) is 0.286. The molecule has 0 saturated carbocycles. The molecule has 25 heavy (non-hydrogen) atoms. The third-order valence-electron chi connectivity index (χ3n) is 5.22. The van der Waals surface area contributed by atoms with Crippen LogP contribution in [0.1, 0.15) is 39.9 Å². The summed E-state index contributed by atoms with van der Waals surface area (Å²) in [6.07, 6.45) is 5.57. The highest BCUT2D eigenvalue weighted by atomic mass is 35.5. The van der Waals surface area contributed by atoms with Crippen LogP contribution in [0.4, 0.5) is 5.69 Å². The number of hydrogen-bond donors (Lipinski definition) is 1. The van der Waals surface area contributed by atoms with E-state index in [0.29, 0.717) is 11.8 Å². The molecule has 3 atom stereocenters. The van der Waals surface area contributed by atoms with E-state index < -0.39 is 0 Å². The molecule has 3 nitrogen and oxygen atoms in total. The lowest BCUT2D eigenvalue weighted by molar-refractivity contribution is 0.0827. The van der Waals surface area contributed by atoms with Crippen molar-refractivity contribution < 1.29 is 4.79 Å². The molecule has 1 N–H and O–H groups in total. The monoisotopic (exact) mass is 352 g/mol. The number of benzene rings is 2. The number of carbonyl (C=O) groups excluding carboxylic acids is 1. The number of nitrogens with one attached hydrogen (secondary N) is 1. The van der Waals surface area contributed by atoms with Crippen molar-refractivity contribution in [3.63, 3.8) is 0 Å². The summed E-state index contributed by atoms with van der Waals surface area (Å²) in [6.45, 7) is 0. The first-order valence-corrected chi connectivity index (χ1v) is 8.96. The Hall–Kier alpha value is -2.26. The molecule has 1 aliphatic carbocycles. The molecule has 2 aromatic carbocycles. The van der Waals surface area contributed by atoms with Crippen LogP contribution in [0.2, 0.25) is 5.02 Å². The number of fused-ring (bicyclic) bond motifs is 3. The molecule has 0 aromatic heterocycles. The van der Waals surface area contributed by atoms with E-state index in [1.807, 2.05) is 36.4 Å². The van der Waals surface area contributed by atoms with E-state index in [1.165, 1.54) is 11.1 Å². The van der Waals surface area contributed by atoms with Crippen LogP contribution in [0.3, 0.4) is 0 Å². The van der Waals surface area contributed by atoms with Crippen LogP contribution < -0.4 is 5.32 Å². The molecule has 4 heteroatoms. The molecule has 3 unspecified atom stereocenters. The Labute approximate surface area is 153 Å². The number of halogens is 1. The van der Waals surface area contributed by atoms with Crippen molar-refractivity contribution in [2.75, 3.05) is 19.4 Å². The van der Waals surface area contributed by atoms with Crippen molar-refractivity contribution in [3.8, 4) is 0 Å². The lowest BCUT2D eigenvalue weighted by Gasteiger charge is -2.37. The Morgan fingerprint density at radius 1 is 1.20 bits per heavy atom. The fourth-order valence-corrected chi connectivity index (χ4v) is 4.21. The Morgan fingerprint density at radius 2 is 2.04 bits per heavy atom. The predicted octanol–water partition coefficient (Wildman–Crippen LogP) is 4.87. The number of allylic oxidation sites excluding steroid dienone is 2. The molecular weight excluding hydrogens is 332 g/mol. The van der Waals surface area contributed by atoms with Crippen LogP contribution in [0, 0.1) is 5.92 Å². The summed E-state index contributed by atoms with van der Waals surface area (Å²) in [7, 11) is 3.57. The van der Waals surface area contributed by atoms with Gasteiger partial charge in [-0.25, -0.2) is 0 Å². The minimum Gasteiger partial charge on any atom is -0.378 e. The summed E-state index contributed by atoms with van der Waals surface area (Å²) in [5, 5.41) is 4.45. The maximum absolute atomic E-state index is 12.3. The highest BCUT2D eigenvalue weighted by Gasteiger charge is 2.38. The van der Waals surface area contributed by atoms with Crippen molar-refractivity contribution in [3.05, 3.63) is 76.3 Å². The Balaban J connectivity index is 1.75. The molecule has 1 aliphatic heterocycles. The van der Waals surface area contributed by atoms with Gasteiger partial charge in [-0.3, -0.25) is 4.79 Å². The Morgan fingerprint density at radius 3 is 2.80 bits per heavy atom. The Bertz CT molecular complexity index is 859. The highest BCUT2D eigenvalue weighted by Crippen LogP contribution is 2.50. The second-order valence-electron chi connectivity index (χ2n) is 7.03. The molecule has 2 aromatic rings. The number of carbonyl (C=O) groups is 1. The Kier molecular flexibility index (Phi) is 4.04. The average Bonchev–Trinajstić information content (AvgIpc) is 3.10. The van der Waals surface area contributed by atoms with Gasteiger partial charge in [-0.05, 0) is 53.8 Å². The number of anilines is 1. The van der Waals surface area contributed by atoms with Crippen molar-refractivity contribution in [2.45, 2.75) is 18.4 Å². The van der Waals surface area contributed by atoms with Crippen LogP contribution >= 0.6 is 11.6 Å². The molecule has 0 saturated heterocycles. The van der Waals surface area contributed by atoms with Gasteiger partial charge in [0.05, 0.1) is 6.04 Å². The van der Waals surface area contributed by atoms with E-state index in [0.717, 1.165) is 22.7 Å². The SMILES string of the molecule is CN(C)C(=O)c1ccc2c(c1)C1C=CCC1C(c1cccc(Cl)c1)N2. The largest absolute Gasteiger partial charge is 0.378 e. The predicted molar refractivity (Wildman–Crippen MR) is 102 cm³/mol. The number of hydrogen-bond acceptors (Lipinski definition) is 2. The third kappa shape index (κ3) is 2.83. The summed E-state index contributed by atoms with van der Waals surface area (Å²) in [5.74, 6) is 0.809. The molecule has 0 fully saturated rings.